The van der Waals surface area contributed by atoms with Gasteiger partial charge in [0.05, 0.1) is 6.10 Å². The van der Waals surface area contributed by atoms with Crippen LogP contribution >= 0.6 is 0 Å². The predicted molar refractivity (Wildman–Crippen MR) is 88.4 cm³/mol. The third kappa shape index (κ3) is 3.33. The Morgan fingerprint density at radius 3 is 2.67 bits per heavy atom. The molecule has 124 valence electrons. The van der Waals surface area contributed by atoms with Crippen LogP contribution in [-0.2, 0) is 0 Å². The van der Waals surface area contributed by atoms with Gasteiger partial charge >= 0.3 is 0 Å². The molecule has 1 saturated heterocycles. The summed E-state index contributed by atoms with van der Waals surface area (Å²) >= 11 is 0. The number of nitrogen functional groups attached to an aromatic ring is 1. The summed E-state index contributed by atoms with van der Waals surface area (Å²) in [5.41, 5.74) is 6.74. The molecule has 0 amide bonds. The molecule has 3 N–H and O–H groups in total. The number of hydrogen-bond donors (Lipinski definition) is 2. The molecule has 9 heteroatoms. The molecular weight excluding hydrogens is 308 g/mol. The van der Waals surface area contributed by atoms with Gasteiger partial charge in [-0.15, -0.1) is 0 Å². The first kappa shape index (κ1) is 15.9. The molecule has 0 saturated carbocycles. The van der Waals surface area contributed by atoms with Crippen molar-refractivity contribution in [2.45, 2.75) is 13.0 Å². The highest BCUT2D eigenvalue weighted by Crippen LogP contribution is 2.20. The van der Waals surface area contributed by atoms with E-state index in [2.05, 4.69) is 19.9 Å². The number of aliphatic hydroxyl groups is 1. The van der Waals surface area contributed by atoms with Crippen LogP contribution in [0.15, 0.2) is 18.5 Å². The van der Waals surface area contributed by atoms with Crippen molar-refractivity contribution < 1.29 is 5.11 Å². The van der Waals surface area contributed by atoms with Crippen molar-refractivity contribution in [3.8, 4) is 6.07 Å². The number of β-amino-alcohol motifs (C(OH)–C–C–N with tert-alkyl or cyclic N) is 1. The van der Waals surface area contributed by atoms with E-state index in [1.54, 1.807) is 6.20 Å². The van der Waals surface area contributed by atoms with Gasteiger partial charge in [0, 0.05) is 50.3 Å². The van der Waals surface area contributed by atoms with Gasteiger partial charge < -0.3 is 20.6 Å². The summed E-state index contributed by atoms with van der Waals surface area (Å²) in [5.74, 6) is 1.38. The number of aryl methyl sites for hydroxylation is 1. The van der Waals surface area contributed by atoms with Gasteiger partial charge in [-0.05, 0) is 6.92 Å². The van der Waals surface area contributed by atoms with Gasteiger partial charge in [0.2, 0.25) is 5.95 Å². The zero-order chi connectivity index (χ0) is 17.1. The second-order valence-electron chi connectivity index (χ2n) is 5.61. The van der Waals surface area contributed by atoms with Crippen LogP contribution in [0.25, 0.3) is 0 Å². The SMILES string of the molecule is Cc1cc(N2CCN(c3nccnc3C#N)C[C@H](O)C2)nc(N)n1. The van der Waals surface area contributed by atoms with E-state index in [1.807, 2.05) is 28.9 Å². The van der Waals surface area contributed by atoms with E-state index in [0.29, 0.717) is 37.8 Å². The van der Waals surface area contributed by atoms with E-state index < -0.39 is 6.10 Å². The molecule has 1 aliphatic heterocycles. The molecule has 2 aromatic rings. The molecule has 2 aromatic heterocycles. The molecule has 0 aromatic carbocycles. The maximum atomic E-state index is 10.4. The summed E-state index contributed by atoms with van der Waals surface area (Å²) in [5, 5.41) is 19.6. The molecule has 0 unspecified atom stereocenters. The summed E-state index contributed by atoms with van der Waals surface area (Å²) in [7, 11) is 0. The van der Waals surface area contributed by atoms with Crippen LogP contribution < -0.4 is 15.5 Å². The third-order valence-electron chi connectivity index (χ3n) is 3.77. The maximum absolute atomic E-state index is 10.4. The smallest absolute Gasteiger partial charge is 0.222 e. The van der Waals surface area contributed by atoms with Crippen LogP contribution in [0.2, 0.25) is 0 Å². The standard InChI is InChI=1S/C15H18N8O/c1-10-6-13(21-15(17)20-10)22-4-5-23(9-11(24)8-22)14-12(7-16)18-2-3-19-14/h2-3,6,11,24H,4-5,8-9H2,1H3,(H2,17,20,21)/t11-/m1/s1. The Hall–Kier alpha value is -2.99. The minimum Gasteiger partial charge on any atom is -0.389 e. The molecule has 0 spiro atoms. The Kier molecular flexibility index (Phi) is 4.39. The molecule has 1 fully saturated rings. The molecule has 0 bridgehead atoms. The number of rotatable bonds is 2. The van der Waals surface area contributed by atoms with Crippen LogP contribution in [0.3, 0.4) is 0 Å². The zero-order valence-corrected chi connectivity index (χ0v) is 13.3. The van der Waals surface area contributed by atoms with Gasteiger partial charge in [-0.3, -0.25) is 0 Å². The van der Waals surface area contributed by atoms with Crippen molar-refractivity contribution in [1.82, 2.24) is 19.9 Å². The molecule has 3 heterocycles. The van der Waals surface area contributed by atoms with Crippen molar-refractivity contribution in [2.24, 2.45) is 0 Å². The van der Waals surface area contributed by atoms with Gasteiger partial charge in [-0.25, -0.2) is 15.0 Å². The highest BCUT2D eigenvalue weighted by Gasteiger charge is 2.25. The number of hydrogen-bond acceptors (Lipinski definition) is 9. The van der Waals surface area contributed by atoms with Crippen LogP contribution in [0, 0.1) is 18.3 Å². The molecule has 1 atom stereocenters. The lowest BCUT2D eigenvalue weighted by atomic mass is 10.3. The molecule has 3 rings (SSSR count). The topological polar surface area (TPSA) is 128 Å². The van der Waals surface area contributed by atoms with Crippen molar-refractivity contribution in [3.05, 3.63) is 29.8 Å². The number of aliphatic hydroxyl groups excluding tert-OH is 1. The van der Waals surface area contributed by atoms with Crippen LogP contribution in [-0.4, -0.2) is 57.3 Å². The van der Waals surface area contributed by atoms with Gasteiger partial charge in [-0.2, -0.15) is 10.2 Å². The number of anilines is 3. The average Bonchev–Trinajstić information content (AvgIpc) is 2.75. The molecular formula is C15H18N8O. The van der Waals surface area contributed by atoms with Crippen molar-refractivity contribution in [1.29, 1.82) is 5.26 Å². The molecule has 9 nitrogen and oxygen atoms in total. The van der Waals surface area contributed by atoms with Gasteiger partial charge in [-0.1, -0.05) is 0 Å². The van der Waals surface area contributed by atoms with E-state index in [9.17, 15) is 10.4 Å². The van der Waals surface area contributed by atoms with E-state index in [0.717, 1.165) is 5.69 Å². The third-order valence-corrected chi connectivity index (χ3v) is 3.77. The van der Waals surface area contributed by atoms with Gasteiger partial charge in [0.1, 0.15) is 11.9 Å². The van der Waals surface area contributed by atoms with Crippen LogP contribution in [0.1, 0.15) is 11.4 Å². The van der Waals surface area contributed by atoms with E-state index in [4.69, 9.17) is 5.73 Å². The lowest BCUT2D eigenvalue weighted by molar-refractivity contribution is 0.190. The fourth-order valence-electron chi connectivity index (χ4n) is 2.77. The lowest BCUT2D eigenvalue weighted by Gasteiger charge is -2.23. The number of nitriles is 1. The summed E-state index contributed by atoms with van der Waals surface area (Å²) < 4.78 is 0. The minimum atomic E-state index is -0.627. The Balaban J connectivity index is 1.84. The van der Waals surface area contributed by atoms with E-state index >= 15 is 0 Å². The van der Waals surface area contributed by atoms with Crippen LogP contribution in [0.5, 0.6) is 0 Å². The Morgan fingerprint density at radius 2 is 1.92 bits per heavy atom. The predicted octanol–water partition coefficient (Wildman–Crippen LogP) is -0.284. The van der Waals surface area contributed by atoms with Gasteiger partial charge in [0.25, 0.3) is 0 Å². The Labute approximate surface area is 139 Å². The first-order valence-corrected chi connectivity index (χ1v) is 7.57. The largest absolute Gasteiger partial charge is 0.389 e. The second kappa shape index (κ2) is 6.64. The number of nitrogens with two attached hydrogens (primary N) is 1. The minimum absolute atomic E-state index is 0.210. The van der Waals surface area contributed by atoms with E-state index in [1.165, 1.54) is 6.20 Å². The summed E-state index contributed by atoms with van der Waals surface area (Å²) in [6.07, 6.45) is 2.40. The highest BCUT2D eigenvalue weighted by molar-refractivity contribution is 5.51. The quantitative estimate of drug-likeness (QED) is 0.765. The maximum Gasteiger partial charge on any atom is 0.222 e. The summed E-state index contributed by atoms with van der Waals surface area (Å²) in [6, 6.07) is 3.87. The Bertz CT molecular complexity index is 754. The monoisotopic (exact) mass is 326 g/mol. The first-order chi connectivity index (χ1) is 11.6. The van der Waals surface area contributed by atoms with Crippen LogP contribution in [0.4, 0.5) is 17.6 Å². The fraction of sp³-hybridized carbons (Fsp3) is 0.400. The Morgan fingerprint density at radius 1 is 1.21 bits per heavy atom. The first-order valence-electron chi connectivity index (χ1n) is 7.57. The summed E-state index contributed by atoms with van der Waals surface area (Å²) in [6.45, 7) is 3.81. The molecule has 24 heavy (non-hydrogen) atoms. The van der Waals surface area contributed by atoms with E-state index in [-0.39, 0.29) is 11.6 Å². The fourth-order valence-corrected chi connectivity index (χ4v) is 2.77. The summed E-state index contributed by atoms with van der Waals surface area (Å²) in [4.78, 5) is 20.4. The number of aromatic nitrogens is 4. The van der Waals surface area contributed by atoms with Crippen molar-refractivity contribution in [3.63, 3.8) is 0 Å². The highest BCUT2D eigenvalue weighted by atomic mass is 16.3. The number of nitrogens with zero attached hydrogens (tertiary/aromatic N) is 7. The molecule has 0 radical (unpaired) electrons. The van der Waals surface area contributed by atoms with Crippen molar-refractivity contribution >= 4 is 17.6 Å². The molecule has 0 aliphatic carbocycles. The van der Waals surface area contributed by atoms with Gasteiger partial charge in [0.15, 0.2) is 11.5 Å². The lowest BCUT2D eigenvalue weighted by Crippen LogP contribution is -2.34. The molecule has 1 aliphatic rings. The zero-order valence-electron chi connectivity index (χ0n) is 13.3. The normalized spacial score (nSPS) is 18.1. The van der Waals surface area contributed by atoms with Crippen molar-refractivity contribution in [2.75, 3.05) is 41.7 Å². The average molecular weight is 326 g/mol. The second-order valence-corrected chi connectivity index (χ2v) is 5.61.